The van der Waals surface area contributed by atoms with Crippen molar-refractivity contribution < 1.29 is 9.70 Å². The summed E-state index contributed by atoms with van der Waals surface area (Å²) in [6.07, 6.45) is -0.262. The summed E-state index contributed by atoms with van der Waals surface area (Å²) in [5, 5.41) is 8.84. The van der Waals surface area contributed by atoms with Crippen molar-refractivity contribution in [1.82, 2.24) is 5.43 Å². The van der Waals surface area contributed by atoms with Crippen LogP contribution >= 0.6 is 0 Å². The van der Waals surface area contributed by atoms with E-state index in [1.165, 1.54) is 0 Å². The van der Waals surface area contributed by atoms with Gasteiger partial charge in [-0.05, 0) is 13.0 Å². The minimum atomic E-state index is -0.262. The Morgan fingerprint density at radius 1 is 1.20 bits per heavy atom. The molecule has 1 aromatic rings. The zero-order valence-corrected chi connectivity index (χ0v) is 10.1. The van der Waals surface area contributed by atoms with E-state index in [2.05, 4.69) is 11.5 Å². The van der Waals surface area contributed by atoms with Gasteiger partial charge < -0.3 is 5.11 Å². The molecule has 0 spiro atoms. The Hall–Kier alpha value is -0.900. The third kappa shape index (κ3) is 13.1. The van der Waals surface area contributed by atoms with E-state index >= 15 is 0 Å². The minimum absolute atomic E-state index is 0.262. The third-order valence-electron chi connectivity index (χ3n) is 1.47. The lowest BCUT2D eigenvalue weighted by molar-refractivity contribution is -0.915. The maximum atomic E-state index is 8.84. The Morgan fingerprint density at radius 3 is 1.87 bits per heavy atom. The lowest BCUT2D eigenvalue weighted by Gasteiger charge is -2.24. The number of aliphatic hydroxyl groups is 1. The highest BCUT2D eigenvalue weighted by Crippen LogP contribution is 1.82. The molecule has 0 heterocycles. The van der Waals surface area contributed by atoms with Gasteiger partial charge in [0.25, 0.3) is 0 Å². The van der Waals surface area contributed by atoms with Crippen molar-refractivity contribution >= 4 is 0 Å². The summed E-state index contributed by atoms with van der Waals surface area (Å²) in [4.78, 5) is 0. The van der Waals surface area contributed by atoms with E-state index in [1.807, 2.05) is 51.5 Å². The maximum absolute atomic E-state index is 8.84. The van der Waals surface area contributed by atoms with Crippen molar-refractivity contribution in [2.24, 2.45) is 0 Å². The average molecular weight is 210 g/mol. The molecule has 0 bridgehead atoms. The van der Waals surface area contributed by atoms with Gasteiger partial charge in [-0.3, -0.25) is 4.59 Å². The Morgan fingerprint density at radius 2 is 1.73 bits per heavy atom. The number of nitrogens with one attached hydrogen (secondary N) is 1. The molecule has 1 rings (SSSR count). The summed E-state index contributed by atoms with van der Waals surface area (Å²) in [7, 11) is 6.05. The average Bonchev–Trinajstić information content (AvgIpc) is 2.18. The molecular formula is C12H22N2O+. The van der Waals surface area contributed by atoms with Gasteiger partial charge in [-0.1, -0.05) is 30.3 Å². The van der Waals surface area contributed by atoms with E-state index in [0.717, 1.165) is 0 Å². The zero-order valence-electron chi connectivity index (χ0n) is 10.1. The predicted octanol–water partition coefficient (Wildman–Crippen LogP) is 1.06. The fraction of sp³-hybridized carbons (Fsp3) is 0.500. The van der Waals surface area contributed by atoms with E-state index in [-0.39, 0.29) is 6.10 Å². The van der Waals surface area contributed by atoms with Crippen molar-refractivity contribution in [3.05, 3.63) is 36.4 Å². The first-order valence-corrected chi connectivity index (χ1v) is 5.07. The van der Waals surface area contributed by atoms with Crippen molar-refractivity contribution in [2.45, 2.75) is 13.0 Å². The van der Waals surface area contributed by atoms with Crippen LogP contribution in [-0.4, -0.2) is 43.5 Å². The monoisotopic (exact) mass is 210 g/mol. The molecule has 3 heteroatoms. The van der Waals surface area contributed by atoms with Crippen LogP contribution in [-0.2, 0) is 0 Å². The van der Waals surface area contributed by atoms with Crippen LogP contribution in [0, 0.1) is 6.07 Å². The second kappa shape index (κ2) is 7.40. The third-order valence-corrected chi connectivity index (χ3v) is 1.47. The number of benzene rings is 1. The highest BCUT2D eigenvalue weighted by molar-refractivity contribution is 4.97. The fourth-order valence-electron chi connectivity index (χ4n) is 0.748. The van der Waals surface area contributed by atoms with E-state index in [9.17, 15) is 0 Å². The molecule has 15 heavy (non-hydrogen) atoms. The van der Waals surface area contributed by atoms with Crippen LogP contribution in [0.4, 0.5) is 0 Å². The van der Waals surface area contributed by atoms with Crippen LogP contribution in [0.1, 0.15) is 6.92 Å². The zero-order chi connectivity index (χ0) is 11.7. The molecular weight excluding hydrogens is 188 g/mol. The number of nitrogens with zero attached hydrogens (tertiary/aromatic N) is 1. The summed E-state index contributed by atoms with van der Waals surface area (Å²) in [6, 6.07) is 12.5. The molecule has 1 radical (unpaired) electrons. The number of hydrogen-bond acceptors (Lipinski definition) is 2. The Balaban J connectivity index is 0.000000280. The lowest BCUT2D eigenvalue weighted by atomic mass is 10.4. The van der Waals surface area contributed by atoms with Crippen molar-refractivity contribution in [3.8, 4) is 0 Å². The lowest BCUT2D eigenvalue weighted by Crippen LogP contribution is -2.50. The van der Waals surface area contributed by atoms with E-state index in [1.54, 1.807) is 6.92 Å². The van der Waals surface area contributed by atoms with E-state index < -0.39 is 0 Å². The Kier molecular flexibility index (Phi) is 6.96. The standard InChI is InChI=1S/C6H17N2O.C6H5/c1-6(9)5-7-8(2,3)4;1-2-4-6-5-3-1/h6-7,9H,5H2,1-4H3;1-5H/q+1;. The topological polar surface area (TPSA) is 32.3 Å². The predicted molar refractivity (Wildman–Crippen MR) is 63.0 cm³/mol. The highest BCUT2D eigenvalue weighted by atomic mass is 16.3. The van der Waals surface area contributed by atoms with Crippen LogP contribution in [0.3, 0.4) is 0 Å². The van der Waals surface area contributed by atoms with Crippen molar-refractivity contribution in [3.63, 3.8) is 0 Å². The number of aliphatic hydroxyl groups excluding tert-OH is 1. The second-order valence-electron chi connectivity index (χ2n) is 4.30. The van der Waals surface area contributed by atoms with Gasteiger partial charge >= 0.3 is 0 Å². The Bertz CT molecular complexity index is 202. The Labute approximate surface area is 92.9 Å². The molecule has 0 fully saturated rings. The first kappa shape index (κ1) is 14.1. The summed E-state index contributed by atoms with van der Waals surface area (Å²) in [5.41, 5.74) is 3.11. The van der Waals surface area contributed by atoms with Gasteiger partial charge in [0.05, 0.1) is 33.8 Å². The molecule has 0 saturated heterocycles. The smallest absolute Gasteiger partial charge is 0.0853 e. The van der Waals surface area contributed by atoms with Gasteiger partial charge in [0, 0.05) is 0 Å². The van der Waals surface area contributed by atoms with Gasteiger partial charge in [-0.15, -0.1) is 0 Å². The SMILES string of the molecule is CC(O)CN[N+](C)(C)C.[c]1ccccc1. The summed E-state index contributed by atoms with van der Waals surface area (Å²) in [5.74, 6) is 0. The molecule has 0 aliphatic rings. The summed E-state index contributed by atoms with van der Waals surface area (Å²) >= 11 is 0. The van der Waals surface area contributed by atoms with Crippen LogP contribution < -0.4 is 5.43 Å². The normalized spacial score (nSPS) is 12.6. The van der Waals surface area contributed by atoms with Gasteiger partial charge in [-0.2, -0.15) is 5.43 Å². The van der Waals surface area contributed by atoms with E-state index in [0.29, 0.717) is 11.1 Å². The van der Waals surface area contributed by atoms with Gasteiger partial charge in [0.2, 0.25) is 0 Å². The van der Waals surface area contributed by atoms with Crippen molar-refractivity contribution in [1.29, 1.82) is 0 Å². The first-order valence-electron chi connectivity index (χ1n) is 5.07. The largest absolute Gasteiger partial charge is 0.392 e. The number of hydrogen-bond donors (Lipinski definition) is 2. The number of rotatable bonds is 3. The molecule has 0 aromatic heterocycles. The quantitative estimate of drug-likeness (QED) is 0.577. The minimum Gasteiger partial charge on any atom is -0.392 e. The van der Waals surface area contributed by atoms with Crippen molar-refractivity contribution in [2.75, 3.05) is 27.7 Å². The molecule has 2 N–H and O–H groups in total. The molecule has 0 aliphatic carbocycles. The van der Waals surface area contributed by atoms with Crippen LogP contribution in [0.15, 0.2) is 30.3 Å². The molecule has 1 aromatic carbocycles. The van der Waals surface area contributed by atoms with Gasteiger partial charge in [0.15, 0.2) is 0 Å². The van der Waals surface area contributed by atoms with Gasteiger partial charge in [-0.25, -0.2) is 0 Å². The highest BCUT2D eigenvalue weighted by Gasteiger charge is 2.06. The van der Waals surface area contributed by atoms with Crippen LogP contribution in [0.2, 0.25) is 0 Å². The molecule has 0 amide bonds. The molecule has 1 unspecified atom stereocenters. The molecule has 0 aliphatic heterocycles. The van der Waals surface area contributed by atoms with E-state index in [4.69, 9.17) is 5.11 Å². The fourth-order valence-corrected chi connectivity index (χ4v) is 0.748. The number of quaternary nitrogens is 1. The first-order chi connectivity index (χ1) is 6.92. The molecule has 85 valence electrons. The van der Waals surface area contributed by atoms with Gasteiger partial charge in [0.1, 0.15) is 0 Å². The maximum Gasteiger partial charge on any atom is 0.0853 e. The van der Waals surface area contributed by atoms with Crippen LogP contribution in [0.5, 0.6) is 0 Å². The molecule has 1 atom stereocenters. The second-order valence-corrected chi connectivity index (χ2v) is 4.30. The summed E-state index contributed by atoms with van der Waals surface area (Å²) < 4.78 is 0.685. The molecule has 0 saturated carbocycles. The van der Waals surface area contributed by atoms with Crippen LogP contribution in [0.25, 0.3) is 0 Å². The molecule has 3 nitrogen and oxygen atoms in total. The summed E-state index contributed by atoms with van der Waals surface area (Å²) in [6.45, 7) is 2.41.